The van der Waals surface area contributed by atoms with E-state index < -0.39 is 0 Å². The monoisotopic (exact) mass is 690 g/mol. The van der Waals surface area contributed by atoms with Gasteiger partial charge in [-0.15, -0.1) is 0 Å². The first-order valence-corrected chi connectivity index (χ1v) is 18.3. The number of nitriles is 1. The van der Waals surface area contributed by atoms with E-state index in [9.17, 15) is 5.26 Å². The number of para-hydroxylation sites is 2. The lowest BCUT2D eigenvalue weighted by Crippen LogP contribution is -2.04. The molecule has 254 valence electrons. The Balaban J connectivity index is 1.24. The molecule has 10 rings (SSSR count). The van der Waals surface area contributed by atoms with Crippen LogP contribution in [0.25, 0.3) is 88.5 Å². The molecule has 4 heteroatoms. The zero-order chi connectivity index (χ0) is 36.3. The molecule has 0 saturated carbocycles. The molecule has 3 heterocycles. The predicted octanol–water partition coefficient (Wildman–Crippen LogP) is 12.8. The maximum Gasteiger partial charge on any atom is 0.138 e. The number of aromatic nitrogens is 3. The maximum absolute atomic E-state index is 10.4. The minimum Gasteiger partial charge on any atom is -0.307 e. The molecule has 3 aromatic heterocycles. The Kier molecular flexibility index (Phi) is 7.28. The molecular formula is C50H34N4. The van der Waals surface area contributed by atoms with E-state index in [0.717, 1.165) is 44.7 Å². The van der Waals surface area contributed by atoms with Crippen LogP contribution in [0.1, 0.15) is 16.7 Å². The SMILES string of the molecule is Cc1ccccc1-c1ccc2c(c1)c1ccccc1n2-c1cc(-c2ccccc2C#N)c(-n2c3ccccc3c3cc(-c4ccccc4C)ccc32)cn1. The van der Waals surface area contributed by atoms with E-state index in [0.29, 0.717) is 5.56 Å². The molecule has 0 aliphatic heterocycles. The Hall–Kier alpha value is -7.22. The molecule has 0 fully saturated rings. The van der Waals surface area contributed by atoms with Gasteiger partial charge < -0.3 is 4.57 Å². The predicted molar refractivity (Wildman–Crippen MR) is 223 cm³/mol. The summed E-state index contributed by atoms with van der Waals surface area (Å²) in [4.78, 5) is 5.26. The fourth-order valence-electron chi connectivity index (χ4n) is 8.35. The van der Waals surface area contributed by atoms with Crippen molar-refractivity contribution < 1.29 is 0 Å². The van der Waals surface area contributed by atoms with Gasteiger partial charge in [0.25, 0.3) is 0 Å². The first-order valence-electron chi connectivity index (χ1n) is 18.3. The van der Waals surface area contributed by atoms with Crippen molar-refractivity contribution in [2.75, 3.05) is 0 Å². The second-order valence-corrected chi connectivity index (χ2v) is 14.0. The van der Waals surface area contributed by atoms with Gasteiger partial charge in [0.1, 0.15) is 5.82 Å². The average Bonchev–Trinajstić information content (AvgIpc) is 3.73. The van der Waals surface area contributed by atoms with Gasteiger partial charge in [0, 0.05) is 32.7 Å². The number of rotatable bonds is 5. The molecule has 0 amide bonds. The van der Waals surface area contributed by atoms with E-state index in [1.165, 1.54) is 54.9 Å². The van der Waals surface area contributed by atoms with E-state index >= 15 is 0 Å². The summed E-state index contributed by atoms with van der Waals surface area (Å²) in [6.07, 6.45) is 1.99. The highest BCUT2D eigenvalue weighted by Gasteiger charge is 2.21. The third kappa shape index (κ3) is 4.87. The minimum absolute atomic E-state index is 0.614. The highest BCUT2D eigenvalue weighted by Crippen LogP contribution is 2.41. The molecular weight excluding hydrogens is 657 g/mol. The second kappa shape index (κ2) is 12.5. The third-order valence-corrected chi connectivity index (χ3v) is 10.9. The normalized spacial score (nSPS) is 11.5. The molecule has 10 aromatic rings. The lowest BCUT2D eigenvalue weighted by molar-refractivity contribution is 1.06. The standard InChI is InChI=1S/C50H34N4/c1-32-13-3-6-16-37(32)34-23-25-47-42(27-34)40-19-9-11-21-45(40)53(47)49-31-52-50(29-44(49)39-18-8-5-15-36(39)30-51)54-46-22-12-10-20-41(46)43-28-35(24-26-48(43)54)38-17-7-4-14-33(38)2/h3-29,31H,1-2H3. The van der Waals surface area contributed by atoms with Crippen LogP contribution < -0.4 is 0 Å². The number of hydrogen-bond acceptors (Lipinski definition) is 2. The largest absolute Gasteiger partial charge is 0.307 e. The van der Waals surface area contributed by atoms with Gasteiger partial charge in [-0.2, -0.15) is 5.26 Å². The maximum atomic E-state index is 10.4. The number of nitrogens with zero attached hydrogens (tertiary/aromatic N) is 4. The molecule has 0 aliphatic carbocycles. The molecule has 0 unspecified atom stereocenters. The van der Waals surface area contributed by atoms with Gasteiger partial charge in [0.15, 0.2) is 0 Å². The topological polar surface area (TPSA) is 46.5 Å². The van der Waals surface area contributed by atoms with Gasteiger partial charge in [-0.1, -0.05) is 115 Å². The van der Waals surface area contributed by atoms with Gasteiger partial charge in [-0.05, 0) is 95.8 Å². The van der Waals surface area contributed by atoms with Crippen LogP contribution in [0.2, 0.25) is 0 Å². The van der Waals surface area contributed by atoms with Crippen LogP contribution >= 0.6 is 0 Å². The Morgan fingerprint density at radius 3 is 1.52 bits per heavy atom. The van der Waals surface area contributed by atoms with Crippen LogP contribution in [0.5, 0.6) is 0 Å². The van der Waals surface area contributed by atoms with E-state index in [2.05, 4.69) is 169 Å². The van der Waals surface area contributed by atoms with Crippen molar-refractivity contribution in [1.82, 2.24) is 14.1 Å². The van der Waals surface area contributed by atoms with Crippen LogP contribution in [0.4, 0.5) is 0 Å². The third-order valence-electron chi connectivity index (χ3n) is 10.9. The van der Waals surface area contributed by atoms with Crippen molar-refractivity contribution in [3.05, 3.63) is 187 Å². The van der Waals surface area contributed by atoms with Crippen molar-refractivity contribution in [3.8, 4) is 51.0 Å². The number of aryl methyl sites for hydroxylation is 2. The molecule has 0 spiro atoms. The van der Waals surface area contributed by atoms with Crippen molar-refractivity contribution in [1.29, 1.82) is 5.26 Å². The van der Waals surface area contributed by atoms with Crippen molar-refractivity contribution >= 4 is 43.6 Å². The van der Waals surface area contributed by atoms with Crippen LogP contribution in [0.3, 0.4) is 0 Å². The summed E-state index contributed by atoms with van der Waals surface area (Å²) in [7, 11) is 0. The van der Waals surface area contributed by atoms with Crippen LogP contribution in [0, 0.1) is 25.2 Å². The summed E-state index contributed by atoms with van der Waals surface area (Å²) in [5.74, 6) is 0.791. The molecule has 0 aliphatic rings. The van der Waals surface area contributed by atoms with Crippen LogP contribution in [-0.2, 0) is 0 Å². The van der Waals surface area contributed by atoms with Gasteiger partial charge in [0.2, 0.25) is 0 Å². The van der Waals surface area contributed by atoms with Crippen LogP contribution in [-0.4, -0.2) is 14.1 Å². The zero-order valence-electron chi connectivity index (χ0n) is 30.0. The van der Waals surface area contributed by atoms with Crippen molar-refractivity contribution in [3.63, 3.8) is 0 Å². The lowest BCUT2D eigenvalue weighted by atomic mass is 9.98. The molecule has 0 bridgehead atoms. The molecule has 0 radical (unpaired) electrons. The van der Waals surface area contributed by atoms with Gasteiger partial charge >= 0.3 is 0 Å². The van der Waals surface area contributed by atoms with Crippen LogP contribution in [0.15, 0.2) is 170 Å². The number of benzene rings is 7. The van der Waals surface area contributed by atoms with Crippen molar-refractivity contribution in [2.45, 2.75) is 13.8 Å². The molecule has 0 saturated heterocycles. The molecule has 4 nitrogen and oxygen atoms in total. The van der Waals surface area contributed by atoms with Gasteiger partial charge in [-0.25, -0.2) is 4.98 Å². The molecule has 0 atom stereocenters. The quantitative estimate of drug-likeness (QED) is 0.180. The summed E-state index contributed by atoms with van der Waals surface area (Å²) < 4.78 is 4.57. The highest BCUT2D eigenvalue weighted by atomic mass is 15.1. The highest BCUT2D eigenvalue weighted by molar-refractivity contribution is 6.12. The summed E-state index contributed by atoms with van der Waals surface area (Å²) >= 11 is 0. The first-order chi connectivity index (χ1) is 26.6. The first kappa shape index (κ1) is 31.5. The van der Waals surface area contributed by atoms with E-state index in [-0.39, 0.29) is 0 Å². The number of pyridine rings is 1. The zero-order valence-corrected chi connectivity index (χ0v) is 30.0. The summed E-state index contributed by atoms with van der Waals surface area (Å²) in [6.45, 7) is 4.32. The smallest absolute Gasteiger partial charge is 0.138 e. The summed E-state index contributed by atoms with van der Waals surface area (Å²) in [5, 5.41) is 15.1. The summed E-state index contributed by atoms with van der Waals surface area (Å²) in [5.41, 5.74) is 15.0. The second-order valence-electron chi connectivity index (χ2n) is 14.0. The Morgan fingerprint density at radius 1 is 0.444 bits per heavy atom. The fraction of sp³-hybridized carbons (Fsp3) is 0.0400. The fourth-order valence-corrected chi connectivity index (χ4v) is 8.35. The van der Waals surface area contributed by atoms with E-state index in [1.54, 1.807) is 0 Å². The lowest BCUT2D eigenvalue weighted by Gasteiger charge is -2.17. The van der Waals surface area contributed by atoms with Gasteiger partial charge in [0.05, 0.1) is 45.6 Å². The van der Waals surface area contributed by atoms with E-state index in [1.807, 2.05) is 30.5 Å². The average molecular weight is 691 g/mol. The summed E-state index contributed by atoms with van der Waals surface area (Å²) in [6, 6.07) is 60.2. The Bertz CT molecular complexity index is 3150. The number of hydrogen-bond donors (Lipinski definition) is 0. The molecule has 54 heavy (non-hydrogen) atoms. The molecule has 0 N–H and O–H groups in total. The Morgan fingerprint density at radius 2 is 0.926 bits per heavy atom. The van der Waals surface area contributed by atoms with E-state index in [4.69, 9.17) is 4.98 Å². The van der Waals surface area contributed by atoms with Gasteiger partial charge in [-0.3, -0.25) is 4.57 Å². The molecule has 7 aromatic carbocycles. The van der Waals surface area contributed by atoms with Crippen molar-refractivity contribution in [2.24, 2.45) is 0 Å². The Labute approximate surface area is 313 Å². The number of fused-ring (bicyclic) bond motifs is 6. The minimum atomic E-state index is 0.614.